The van der Waals surface area contributed by atoms with Gasteiger partial charge in [0.05, 0.1) is 20.3 Å². The van der Waals surface area contributed by atoms with E-state index in [-0.39, 0.29) is 12.5 Å². The largest absolute Gasteiger partial charge is 0.493 e. The molecule has 23 heavy (non-hydrogen) atoms. The second-order valence-corrected chi connectivity index (χ2v) is 5.28. The molecule has 5 nitrogen and oxygen atoms in total. The molecule has 122 valence electrons. The zero-order valence-corrected chi connectivity index (χ0v) is 13.6. The van der Waals surface area contributed by atoms with Gasteiger partial charge in [0.15, 0.2) is 11.5 Å². The number of aliphatic hydroxyl groups excluding tert-OH is 1. The van der Waals surface area contributed by atoms with Crippen LogP contribution in [0.15, 0.2) is 42.5 Å². The molecule has 1 amide bonds. The van der Waals surface area contributed by atoms with Crippen LogP contribution >= 0.6 is 11.6 Å². The van der Waals surface area contributed by atoms with Crippen LogP contribution in [0, 0.1) is 0 Å². The van der Waals surface area contributed by atoms with Crippen molar-refractivity contribution in [3.63, 3.8) is 0 Å². The van der Waals surface area contributed by atoms with Crippen molar-refractivity contribution in [2.75, 3.05) is 20.8 Å². The van der Waals surface area contributed by atoms with Crippen LogP contribution in [-0.4, -0.2) is 31.8 Å². The quantitative estimate of drug-likeness (QED) is 0.851. The van der Waals surface area contributed by atoms with Crippen molar-refractivity contribution in [3.05, 3.63) is 58.6 Å². The molecule has 0 bridgehead atoms. The monoisotopic (exact) mass is 335 g/mol. The first kappa shape index (κ1) is 17.1. The molecule has 0 fully saturated rings. The van der Waals surface area contributed by atoms with E-state index in [1.54, 1.807) is 42.5 Å². The molecule has 0 aliphatic carbocycles. The lowest BCUT2D eigenvalue weighted by Gasteiger charge is -2.13. The van der Waals surface area contributed by atoms with E-state index in [1.807, 2.05) is 0 Å². The van der Waals surface area contributed by atoms with Crippen LogP contribution < -0.4 is 14.8 Å². The third-order valence-corrected chi connectivity index (χ3v) is 3.61. The highest BCUT2D eigenvalue weighted by Crippen LogP contribution is 2.27. The van der Waals surface area contributed by atoms with Crippen molar-refractivity contribution in [2.24, 2.45) is 0 Å². The van der Waals surface area contributed by atoms with Gasteiger partial charge in [0.1, 0.15) is 0 Å². The summed E-state index contributed by atoms with van der Waals surface area (Å²) in [5, 5.41) is 13.4. The van der Waals surface area contributed by atoms with Gasteiger partial charge in [0, 0.05) is 17.1 Å². The zero-order valence-electron chi connectivity index (χ0n) is 12.9. The van der Waals surface area contributed by atoms with E-state index in [4.69, 9.17) is 21.1 Å². The predicted octanol–water partition coefficient (Wildman–Crippen LogP) is 2.82. The van der Waals surface area contributed by atoms with Gasteiger partial charge in [-0.15, -0.1) is 0 Å². The summed E-state index contributed by atoms with van der Waals surface area (Å²) in [7, 11) is 3.03. The van der Waals surface area contributed by atoms with Crippen molar-refractivity contribution in [1.29, 1.82) is 0 Å². The lowest BCUT2D eigenvalue weighted by Crippen LogP contribution is -2.28. The Balaban J connectivity index is 2.00. The van der Waals surface area contributed by atoms with Gasteiger partial charge < -0.3 is 19.9 Å². The van der Waals surface area contributed by atoms with Gasteiger partial charge in [0.25, 0.3) is 5.91 Å². The molecule has 2 aromatic rings. The highest BCUT2D eigenvalue weighted by Gasteiger charge is 2.13. The minimum absolute atomic E-state index is 0.0921. The normalized spacial score (nSPS) is 11.7. The first-order valence-corrected chi connectivity index (χ1v) is 7.36. The summed E-state index contributed by atoms with van der Waals surface area (Å²) < 4.78 is 10.3. The summed E-state index contributed by atoms with van der Waals surface area (Å²) in [5.41, 5.74) is 1.10. The molecule has 0 aliphatic heterocycles. The van der Waals surface area contributed by atoms with Crippen LogP contribution in [0.4, 0.5) is 0 Å². The molecule has 0 saturated heterocycles. The number of hydrogen-bond acceptors (Lipinski definition) is 4. The molecule has 0 heterocycles. The molecule has 0 aliphatic rings. The van der Waals surface area contributed by atoms with E-state index in [0.29, 0.717) is 27.6 Å². The van der Waals surface area contributed by atoms with Gasteiger partial charge in [-0.3, -0.25) is 4.79 Å². The van der Waals surface area contributed by atoms with Gasteiger partial charge >= 0.3 is 0 Å². The molecular weight excluding hydrogens is 318 g/mol. The van der Waals surface area contributed by atoms with E-state index in [2.05, 4.69) is 5.32 Å². The minimum atomic E-state index is -0.809. The van der Waals surface area contributed by atoms with Gasteiger partial charge in [-0.1, -0.05) is 23.7 Å². The van der Waals surface area contributed by atoms with Crippen molar-refractivity contribution < 1.29 is 19.4 Å². The average molecular weight is 336 g/mol. The molecule has 2 aromatic carbocycles. The van der Waals surface area contributed by atoms with Crippen LogP contribution in [0.2, 0.25) is 5.02 Å². The Bertz CT molecular complexity index is 673. The Morgan fingerprint density at radius 3 is 2.39 bits per heavy atom. The number of carbonyl (C=O) groups excluding carboxylic acids is 1. The maximum atomic E-state index is 12.2. The van der Waals surface area contributed by atoms with Gasteiger partial charge in [0.2, 0.25) is 0 Å². The zero-order chi connectivity index (χ0) is 16.8. The van der Waals surface area contributed by atoms with Crippen molar-refractivity contribution in [1.82, 2.24) is 5.32 Å². The molecule has 1 atom stereocenters. The van der Waals surface area contributed by atoms with E-state index in [0.717, 1.165) is 0 Å². The summed E-state index contributed by atoms with van der Waals surface area (Å²) in [5.74, 6) is 0.711. The SMILES string of the molecule is COc1ccc(C(=O)NCC(O)c2ccc(Cl)cc2)cc1OC. The summed E-state index contributed by atoms with van der Waals surface area (Å²) >= 11 is 5.80. The summed E-state index contributed by atoms with van der Waals surface area (Å²) in [6, 6.07) is 11.7. The smallest absolute Gasteiger partial charge is 0.251 e. The lowest BCUT2D eigenvalue weighted by molar-refractivity contribution is 0.0916. The fourth-order valence-corrected chi connectivity index (χ4v) is 2.20. The molecular formula is C17H18ClNO4. The topological polar surface area (TPSA) is 67.8 Å². The molecule has 6 heteroatoms. The third-order valence-electron chi connectivity index (χ3n) is 3.36. The number of amides is 1. The Morgan fingerprint density at radius 1 is 1.13 bits per heavy atom. The first-order valence-electron chi connectivity index (χ1n) is 6.99. The fourth-order valence-electron chi connectivity index (χ4n) is 2.07. The second-order valence-electron chi connectivity index (χ2n) is 4.85. The van der Waals surface area contributed by atoms with E-state index in [9.17, 15) is 9.90 Å². The van der Waals surface area contributed by atoms with E-state index in [1.165, 1.54) is 14.2 Å². The molecule has 2 rings (SSSR count). The Morgan fingerprint density at radius 2 is 1.78 bits per heavy atom. The molecule has 1 unspecified atom stereocenters. The summed E-state index contributed by atoms with van der Waals surface area (Å²) in [4.78, 5) is 12.2. The van der Waals surface area contributed by atoms with Gasteiger partial charge in [-0.25, -0.2) is 0 Å². The summed E-state index contributed by atoms with van der Waals surface area (Å²) in [6.07, 6.45) is -0.809. The van der Waals surface area contributed by atoms with E-state index < -0.39 is 6.10 Å². The Kier molecular flexibility index (Phi) is 5.84. The third kappa shape index (κ3) is 4.37. The van der Waals surface area contributed by atoms with Gasteiger partial charge in [-0.05, 0) is 35.9 Å². The van der Waals surface area contributed by atoms with Gasteiger partial charge in [-0.2, -0.15) is 0 Å². The van der Waals surface area contributed by atoms with Crippen LogP contribution in [-0.2, 0) is 0 Å². The van der Waals surface area contributed by atoms with Crippen molar-refractivity contribution in [2.45, 2.75) is 6.10 Å². The standard InChI is InChI=1S/C17H18ClNO4/c1-22-15-8-5-12(9-16(15)23-2)17(21)19-10-14(20)11-3-6-13(18)7-4-11/h3-9,14,20H,10H2,1-2H3,(H,19,21). The number of methoxy groups -OCH3 is 2. The molecule has 2 N–H and O–H groups in total. The lowest BCUT2D eigenvalue weighted by atomic mass is 10.1. The summed E-state index contributed by atoms with van der Waals surface area (Å²) in [6.45, 7) is 0.0921. The van der Waals surface area contributed by atoms with Crippen LogP contribution in [0.5, 0.6) is 11.5 Å². The maximum Gasteiger partial charge on any atom is 0.251 e. The highest BCUT2D eigenvalue weighted by molar-refractivity contribution is 6.30. The highest BCUT2D eigenvalue weighted by atomic mass is 35.5. The predicted molar refractivity (Wildman–Crippen MR) is 88.3 cm³/mol. The molecule has 0 saturated carbocycles. The van der Waals surface area contributed by atoms with Crippen LogP contribution in [0.3, 0.4) is 0 Å². The average Bonchev–Trinajstić information content (AvgIpc) is 2.59. The molecule has 0 spiro atoms. The Labute approximate surface area is 139 Å². The van der Waals surface area contributed by atoms with Crippen LogP contribution in [0.1, 0.15) is 22.0 Å². The van der Waals surface area contributed by atoms with E-state index >= 15 is 0 Å². The van der Waals surface area contributed by atoms with Crippen LogP contribution in [0.25, 0.3) is 0 Å². The first-order chi connectivity index (χ1) is 11.0. The number of halogens is 1. The fraction of sp³-hybridized carbons (Fsp3) is 0.235. The Hall–Kier alpha value is -2.24. The molecule has 0 aromatic heterocycles. The molecule has 0 radical (unpaired) electrons. The number of carbonyl (C=O) groups is 1. The number of ether oxygens (including phenoxy) is 2. The number of aliphatic hydroxyl groups is 1. The van der Waals surface area contributed by atoms with Crippen molar-refractivity contribution in [3.8, 4) is 11.5 Å². The van der Waals surface area contributed by atoms with Crippen molar-refractivity contribution >= 4 is 17.5 Å². The minimum Gasteiger partial charge on any atom is -0.493 e. The number of nitrogens with one attached hydrogen (secondary N) is 1. The maximum absolute atomic E-state index is 12.2. The second kappa shape index (κ2) is 7.85. The number of hydrogen-bond donors (Lipinski definition) is 2. The number of benzene rings is 2. The number of rotatable bonds is 6.